The van der Waals surface area contributed by atoms with Crippen molar-refractivity contribution in [2.45, 2.75) is 19.6 Å². The van der Waals surface area contributed by atoms with Crippen molar-refractivity contribution in [1.82, 2.24) is 10.2 Å². The lowest BCUT2D eigenvalue weighted by Crippen LogP contribution is -2.42. The van der Waals surface area contributed by atoms with E-state index < -0.39 is 17.9 Å². The summed E-state index contributed by atoms with van der Waals surface area (Å²) in [6.07, 6.45) is 8.18. The first kappa shape index (κ1) is 38.5. The monoisotopic (exact) mass is 887 g/mol. The minimum atomic E-state index is -0.719. The molecule has 3 amide bonds. The Labute approximate surface area is 329 Å². The van der Waals surface area contributed by atoms with Gasteiger partial charge in [0.2, 0.25) is 5.91 Å². The van der Waals surface area contributed by atoms with Crippen LogP contribution in [0.2, 0.25) is 0 Å². The van der Waals surface area contributed by atoms with Crippen LogP contribution in [0, 0.1) is 3.57 Å². The molecule has 264 valence electrons. The van der Waals surface area contributed by atoms with Gasteiger partial charge in [-0.05, 0) is 88.2 Å². The largest absolute Gasteiger partial charge is 0.493 e. The summed E-state index contributed by atoms with van der Waals surface area (Å²) < 4.78 is 13.5. The zero-order valence-corrected chi connectivity index (χ0v) is 33.0. The predicted octanol–water partition coefficient (Wildman–Crippen LogP) is 9.03. The van der Waals surface area contributed by atoms with Crippen LogP contribution in [0.3, 0.4) is 0 Å². The Hall–Kier alpha value is -4.72. The summed E-state index contributed by atoms with van der Waals surface area (Å²) in [6.45, 7) is 5.83. The molecule has 5 rings (SSSR count). The second kappa shape index (κ2) is 18.7. The zero-order valence-electron chi connectivity index (χ0n) is 28.4. The van der Waals surface area contributed by atoms with Crippen molar-refractivity contribution >= 4 is 79.2 Å². The molecule has 1 aliphatic rings. The van der Waals surface area contributed by atoms with E-state index in [4.69, 9.17) is 9.47 Å². The average Bonchev–Trinajstić information content (AvgIpc) is 3.16. The van der Waals surface area contributed by atoms with Crippen LogP contribution in [0.1, 0.15) is 35.2 Å². The highest BCUT2D eigenvalue weighted by atomic mass is 127. The number of rotatable bonds is 13. The first-order chi connectivity index (χ1) is 25.2. The number of aliphatic imine (C=N–C) groups is 1. The molecule has 0 bridgehead atoms. The number of halogens is 2. The van der Waals surface area contributed by atoms with Gasteiger partial charge in [0.15, 0.2) is 16.7 Å². The van der Waals surface area contributed by atoms with E-state index in [0.717, 1.165) is 36.5 Å². The number of allylic oxidation sites excluding steroid dienone is 4. The quantitative estimate of drug-likeness (QED) is 0.0624. The van der Waals surface area contributed by atoms with E-state index in [9.17, 15) is 14.4 Å². The van der Waals surface area contributed by atoms with Crippen molar-refractivity contribution in [3.05, 3.63) is 170 Å². The summed E-state index contributed by atoms with van der Waals surface area (Å²) in [4.78, 5) is 46.8. The maximum atomic E-state index is 14.2. The molecule has 0 spiro atoms. The summed E-state index contributed by atoms with van der Waals surface area (Å²) >= 11 is 6.59. The van der Waals surface area contributed by atoms with Gasteiger partial charge in [0.25, 0.3) is 11.8 Å². The second-order valence-electron chi connectivity index (χ2n) is 11.3. The van der Waals surface area contributed by atoms with Crippen LogP contribution in [0.5, 0.6) is 11.5 Å². The third-order valence-corrected chi connectivity index (χ3v) is 10.0. The Balaban J connectivity index is 1.41. The highest BCUT2D eigenvalue weighted by Gasteiger charge is 2.35. The van der Waals surface area contributed by atoms with E-state index in [2.05, 4.69) is 55.4 Å². The molecule has 11 heteroatoms. The third kappa shape index (κ3) is 9.78. The van der Waals surface area contributed by atoms with Crippen LogP contribution in [-0.2, 0) is 21.0 Å². The molecule has 0 unspecified atom stereocenters. The van der Waals surface area contributed by atoms with E-state index in [1.807, 2.05) is 84.9 Å². The van der Waals surface area contributed by atoms with Gasteiger partial charge in [0.05, 0.1) is 22.5 Å². The number of carbonyl (C=O) groups excluding carboxylic acids is 3. The predicted molar refractivity (Wildman–Crippen MR) is 220 cm³/mol. The maximum absolute atomic E-state index is 14.2. The van der Waals surface area contributed by atoms with E-state index in [0.29, 0.717) is 29.4 Å². The highest BCUT2D eigenvalue weighted by molar-refractivity contribution is 14.1. The van der Waals surface area contributed by atoms with Crippen LogP contribution < -0.4 is 14.8 Å². The van der Waals surface area contributed by atoms with Gasteiger partial charge in [0, 0.05) is 10.2 Å². The van der Waals surface area contributed by atoms with Crippen molar-refractivity contribution in [2.24, 2.45) is 4.99 Å². The number of hydrogen-bond donors (Lipinski definition) is 1. The van der Waals surface area contributed by atoms with E-state index >= 15 is 0 Å². The summed E-state index contributed by atoms with van der Waals surface area (Å²) in [6, 6.07) is 30.3. The molecular formula is C41H35BrIN3O5S. The summed E-state index contributed by atoms with van der Waals surface area (Å²) in [5, 5.41) is 3.19. The van der Waals surface area contributed by atoms with Crippen LogP contribution in [0.15, 0.2) is 149 Å². The van der Waals surface area contributed by atoms with Gasteiger partial charge >= 0.3 is 0 Å². The van der Waals surface area contributed by atoms with Gasteiger partial charge in [-0.25, -0.2) is 0 Å². The van der Waals surface area contributed by atoms with E-state index in [1.165, 1.54) is 18.1 Å². The standard InChI is InChI=1S/C41H35BrIN3O5S/c1-4-6-17-32(5-2)46-40(49)33(22-28-23-34(43)38(35(24-28)50-3)51-25-27-18-20-31(42)21-19-27)39(48)45-41(46)52-26-36(47)44-37(29-13-9-7-10-14-29)30-15-11-8-12-16-30/h4-24,37H,1,25-26H2,2-3H3,(H,44,47)/b17-6-,32-5+,33-22+. The summed E-state index contributed by atoms with van der Waals surface area (Å²) in [7, 11) is 1.53. The van der Waals surface area contributed by atoms with Gasteiger partial charge in [-0.2, -0.15) is 4.99 Å². The number of nitrogens with one attached hydrogen (secondary N) is 1. The molecule has 4 aromatic rings. The molecule has 4 aromatic carbocycles. The van der Waals surface area contributed by atoms with Crippen LogP contribution >= 0.6 is 50.3 Å². The number of thioether (sulfide) groups is 1. The van der Waals surface area contributed by atoms with Crippen molar-refractivity contribution in [3.63, 3.8) is 0 Å². The average molecular weight is 889 g/mol. The summed E-state index contributed by atoms with van der Waals surface area (Å²) in [5.41, 5.74) is 3.69. The number of benzene rings is 4. The second-order valence-corrected chi connectivity index (χ2v) is 14.3. The molecule has 1 heterocycles. The molecular weight excluding hydrogens is 853 g/mol. The Kier molecular flexibility index (Phi) is 13.8. The van der Waals surface area contributed by atoms with Gasteiger partial charge in [-0.3, -0.25) is 19.3 Å². The highest BCUT2D eigenvalue weighted by Crippen LogP contribution is 2.36. The number of nitrogens with zero attached hydrogens (tertiary/aromatic N) is 2. The lowest BCUT2D eigenvalue weighted by atomic mass is 9.99. The molecule has 0 aliphatic carbocycles. The lowest BCUT2D eigenvalue weighted by Gasteiger charge is -2.28. The molecule has 0 radical (unpaired) electrons. The number of methoxy groups -OCH3 is 1. The zero-order chi connectivity index (χ0) is 37.0. The number of carbonyl (C=O) groups is 3. The van der Waals surface area contributed by atoms with Crippen molar-refractivity contribution in [1.29, 1.82) is 0 Å². The van der Waals surface area contributed by atoms with Crippen LogP contribution in [-0.4, -0.2) is 40.7 Å². The van der Waals surface area contributed by atoms with Crippen molar-refractivity contribution in [2.75, 3.05) is 12.9 Å². The van der Waals surface area contributed by atoms with E-state index in [1.54, 1.807) is 43.4 Å². The van der Waals surface area contributed by atoms with Crippen molar-refractivity contribution < 1.29 is 23.9 Å². The van der Waals surface area contributed by atoms with Crippen LogP contribution in [0.25, 0.3) is 6.08 Å². The van der Waals surface area contributed by atoms with Crippen LogP contribution in [0.4, 0.5) is 0 Å². The molecule has 8 nitrogen and oxygen atoms in total. The minimum Gasteiger partial charge on any atom is -0.493 e. The molecule has 0 atom stereocenters. The number of ether oxygens (including phenoxy) is 2. The number of hydrogen-bond acceptors (Lipinski definition) is 6. The first-order valence-corrected chi connectivity index (χ1v) is 19.0. The van der Waals surface area contributed by atoms with E-state index in [-0.39, 0.29) is 22.4 Å². The Morgan fingerprint density at radius 1 is 1.02 bits per heavy atom. The lowest BCUT2D eigenvalue weighted by molar-refractivity contribution is -0.126. The first-order valence-electron chi connectivity index (χ1n) is 16.1. The SMILES string of the molecule is C=C/C=C\C(=C/C)N1C(=O)/C(=C/c2cc(I)c(OCc3ccc(Br)cc3)c(OC)c2)C(=O)N=C1SCC(=O)NC(c1ccccc1)c1ccccc1. The number of amides is 3. The Bertz CT molecular complexity index is 2030. The Morgan fingerprint density at radius 2 is 1.67 bits per heavy atom. The third-order valence-electron chi connectivity index (χ3n) is 7.77. The molecule has 52 heavy (non-hydrogen) atoms. The fraction of sp³-hybridized carbons (Fsp3) is 0.122. The molecule has 0 saturated carbocycles. The summed E-state index contributed by atoms with van der Waals surface area (Å²) in [5.74, 6) is -0.701. The number of amidine groups is 1. The van der Waals surface area contributed by atoms with Crippen molar-refractivity contribution in [3.8, 4) is 11.5 Å². The molecule has 1 aliphatic heterocycles. The maximum Gasteiger partial charge on any atom is 0.285 e. The molecule has 1 N–H and O–H groups in total. The molecule has 0 saturated heterocycles. The van der Waals surface area contributed by atoms with Gasteiger partial charge in [-0.1, -0.05) is 125 Å². The fourth-order valence-electron chi connectivity index (χ4n) is 5.26. The molecule has 0 aromatic heterocycles. The molecule has 0 fully saturated rings. The Morgan fingerprint density at radius 3 is 2.27 bits per heavy atom. The smallest absolute Gasteiger partial charge is 0.285 e. The topological polar surface area (TPSA) is 97.3 Å². The fourth-order valence-corrected chi connectivity index (χ4v) is 7.11. The van der Waals surface area contributed by atoms with Gasteiger partial charge in [0.1, 0.15) is 12.2 Å². The van der Waals surface area contributed by atoms with Gasteiger partial charge in [-0.15, -0.1) is 0 Å². The minimum absolute atomic E-state index is 0.0870. The normalized spacial score (nSPS) is 14.2. The van der Waals surface area contributed by atoms with Gasteiger partial charge < -0.3 is 14.8 Å².